The van der Waals surface area contributed by atoms with Crippen LogP contribution in [-0.4, -0.2) is 43.3 Å². The van der Waals surface area contributed by atoms with Crippen LogP contribution < -0.4 is 10.6 Å². The van der Waals surface area contributed by atoms with Gasteiger partial charge in [0.05, 0.1) is 5.57 Å². The van der Waals surface area contributed by atoms with Crippen molar-refractivity contribution in [1.82, 2.24) is 10.2 Å². The van der Waals surface area contributed by atoms with E-state index in [9.17, 15) is 18.0 Å². The lowest BCUT2D eigenvalue weighted by atomic mass is 10.1. The van der Waals surface area contributed by atoms with Gasteiger partial charge in [0, 0.05) is 31.9 Å². The van der Waals surface area contributed by atoms with Gasteiger partial charge in [-0.2, -0.15) is 13.2 Å². The molecule has 1 aromatic rings. The summed E-state index contributed by atoms with van der Waals surface area (Å²) in [4.78, 5) is 13.6. The Hall–Kier alpha value is -2.02. The van der Waals surface area contributed by atoms with Gasteiger partial charge in [-0.25, -0.2) is 4.79 Å². The van der Waals surface area contributed by atoms with Gasteiger partial charge in [0.2, 0.25) is 0 Å². The number of benzene rings is 1. The normalized spacial score (nSPS) is 15.7. The number of amides is 2. The number of carbonyl (C=O) groups is 1. The number of nitrogens with zero attached hydrogens (tertiary/aromatic N) is 1. The van der Waals surface area contributed by atoms with Gasteiger partial charge in [-0.15, -0.1) is 0 Å². The first-order valence-corrected chi connectivity index (χ1v) is 6.51. The smallest absolute Gasteiger partial charge is 0.322 e. The number of nitrogens with one attached hydrogen (secondary N) is 2. The molecule has 1 aromatic carbocycles. The molecule has 1 heterocycles. The Labute approximate surface area is 120 Å². The molecule has 1 fully saturated rings. The molecule has 4 nitrogen and oxygen atoms in total. The van der Waals surface area contributed by atoms with Crippen molar-refractivity contribution in [3.63, 3.8) is 0 Å². The molecule has 2 rings (SSSR count). The number of piperazine rings is 1. The van der Waals surface area contributed by atoms with E-state index in [2.05, 4.69) is 17.2 Å². The molecule has 0 aromatic heterocycles. The fourth-order valence-corrected chi connectivity index (χ4v) is 1.99. The number of halogens is 3. The first-order valence-electron chi connectivity index (χ1n) is 6.51. The molecule has 2 amide bonds. The second-order valence-corrected chi connectivity index (χ2v) is 4.72. The van der Waals surface area contributed by atoms with Crippen molar-refractivity contribution in [2.75, 3.05) is 31.5 Å². The monoisotopic (exact) mass is 299 g/mol. The Bertz CT molecular complexity index is 519. The molecule has 1 aliphatic rings. The van der Waals surface area contributed by atoms with E-state index in [1.165, 1.54) is 24.3 Å². The molecule has 0 saturated carbocycles. The van der Waals surface area contributed by atoms with Gasteiger partial charge in [0.1, 0.15) is 0 Å². The van der Waals surface area contributed by atoms with Crippen LogP contribution in [0.3, 0.4) is 0 Å². The van der Waals surface area contributed by atoms with E-state index < -0.39 is 11.7 Å². The Morgan fingerprint density at radius 3 is 2.29 bits per heavy atom. The average Bonchev–Trinajstić information content (AvgIpc) is 2.47. The maximum absolute atomic E-state index is 12.5. The quantitative estimate of drug-likeness (QED) is 0.882. The van der Waals surface area contributed by atoms with Crippen LogP contribution >= 0.6 is 0 Å². The molecule has 1 saturated heterocycles. The van der Waals surface area contributed by atoms with Crippen molar-refractivity contribution < 1.29 is 18.0 Å². The van der Waals surface area contributed by atoms with E-state index in [0.29, 0.717) is 18.8 Å². The summed E-state index contributed by atoms with van der Waals surface area (Å²) in [6.45, 7) is 5.71. The number of alkyl halides is 3. The summed E-state index contributed by atoms with van der Waals surface area (Å²) >= 11 is 0. The van der Waals surface area contributed by atoms with Crippen molar-refractivity contribution in [2.24, 2.45) is 0 Å². The fraction of sp³-hybridized carbons (Fsp3) is 0.357. The lowest BCUT2D eigenvalue weighted by Gasteiger charge is -2.27. The molecular formula is C14H16F3N3O. The van der Waals surface area contributed by atoms with Crippen LogP contribution in [0.25, 0.3) is 5.57 Å². The lowest BCUT2D eigenvalue weighted by Crippen LogP contribution is -2.48. The molecule has 1 aliphatic heterocycles. The van der Waals surface area contributed by atoms with Gasteiger partial charge in [0.15, 0.2) is 0 Å². The van der Waals surface area contributed by atoms with Crippen LogP contribution in [0.2, 0.25) is 0 Å². The van der Waals surface area contributed by atoms with Crippen LogP contribution in [0, 0.1) is 0 Å². The highest BCUT2D eigenvalue weighted by molar-refractivity contribution is 5.89. The molecule has 0 aliphatic carbocycles. The standard InChI is InChI=1S/C14H16F3N3O/c1-10(14(15,16)17)11-2-4-12(5-3-11)19-13(21)20-8-6-18-7-9-20/h2-5,18H,1,6-9H2,(H,19,21). The SMILES string of the molecule is C=C(c1ccc(NC(=O)N2CCNCC2)cc1)C(F)(F)F. The molecule has 21 heavy (non-hydrogen) atoms. The molecule has 7 heteroatoms. The van der Waals surface area contributed by atoms with Crippen molar-refractivity contribution in [1.29, 1.82) is 0 Å². The van der Waals surface area contributed by atoms with Gasteiger partial charge in [-0.1, -0.05) is 18.7 Å². The molecule has 0 atom stereocenters. The Morgan fingerprint density at radius 2 is 1.76 bits per heavy atom. The topological polar surface area (TPSA) is 44.4 Å². The molecule has 114 valence electrons. The largest absolute Gasteiger partial charge is 0.416 e. The summed E-state index contributed by atoms with van der Waals surface area (Å²) < 4.78 is 37.5. The van der Waals surface area contributed by atoms with Gasteiger partial charge in [0.25, 0.3) is 0 Å². The number of allylic oxidation sites excluding steroid dienone is 1. The van der Waals surface area contributed by atoms with Crippen LogP contribution in [0.15, 0.2) is 30.8 Å². The maximum atomic E-state index is 12.5. The average molecular weight is 299 g/mol. The molecule has 0 spiro atoms. The number of hydrogen-bond acceptors (Lipinski definition) is 2. The van der Waals surface area contributed by atoms with E-state index in [1.54, 1.807) is 4.90 Å². The molecule has 0 radical (unpaired) electrons. The Morgan fingerprint density at radius 1 is 1.19 bits per heavy atom. The summed E-state index contributed by atoms with van der Waals surface area (Å²) in [7, 11) is 0. The van der Waals surface area contributed by atoms with Gasteiger partial charge >= 0.3 is 12.2 Å². The maximum Gasteiger partial charge on any atom is 0.416 e. The highest BCUT2D eigenvalue weighted by atomic mass is 19.4. The summed E-state index contributed by atoms with van der Waals surface area (Å²) in [6, 6.07) is 5.21. The third-order valence-corrected chi connectivity index (χ3v) is 3.23. The van der Waals surface area contributed by atoms with E-state index in [4.69, 9.17) is 0 Å². The molecule has 2 N–H and O–H groups in total. The number of hydrogen-bond donors (Lipinski definition) is 2. The fourth-order valence-electron chi connectivity index (χ4n) is 1.99. The van der Waals surface area contributed by atoms with Gasteiger partial charge in [-0.05, 0) is 17.7 Å². The number of anilines is 1. The van der Waals surface area contributed by atoms with Gasteiger partial charge in [-0.3, -0.25) is 0 Å². The van der Waals surface area contributed by atoms with E-state index in [0.717, 1.165) is 13.1 Å². The zero-order chi connectivity index (χ0) is 15.5. The minimum absolute atomic E-state index is 0.0114. The zero-order valence-electron chi connectivity index (χ0n) is 11.3. The summed E-state index contributed by atoms with van der Waals surface area (Å²) in [5, 5.41) is 5.79. The van der Waals surface area contributed by atoms with Crippen molar-refractivity contribution >= 4 is 17.3 Å². The third-order valence-electron chi connectivity index (χ3n) is 3.23. The van der Waals surface area contributed by atoms with Crippen molar-refractivity contribution in [3.8, 4) is 0 Å². The predicted octanol–water partition coefficient (Wildman–Crippen LogP) is 2.70. The van der Waals surface area contributed by atoms with Crippen LogP contribution in [0.5, 0.6) is 0 Å². The van der Waals surface area contributed by atoms with Crippen molar-refractivity contribution in [2.45, 2.75) is 6.18 Å². The highest BCUT2D eigenvalue weighted by Crippen LogP contribution is 2.32. The van der Waals surface area contributed by atoms with Gasteiger partial charge < -0.3 is 15.5 Å². The van der Waals surface area contributed by atoms with Crippen LogP contribution in [0.4, 0.5) is 23.7 Å². The summed E-state index contributed by atoms with van der Waals surface area (Å²) in [5.41, 5.74) is -0.456. The first-order chi connectivity index (χ1) is 9.88. The summed E-state index contributed by atoms with van der Waals surface area (Å²) in [6.07, 6.45) is -4.45. The highest BCUT2D eigenvalue weighted by Gasteiger charge is 2.32. The van der Waals surface area contributed by atoms with E-state index >= 15 is 0 Å². The Kier molecular flexibility index (Phi) is 4.52. The lowest BCUT2D eigenvalue weighted by molar-refractivity contribution is -0.0686. The molecular weight excluding hydrogens is 283 g/mol. The Balaban J connectivity index is 1.99. The van der Waals surface area contributed by atoms with E-state index in [-0.39, 0.29) is 11.6 Å². The predicted molar refractivity (Wildman–Crippen MR) is 75.0 cm³/mol. The van der Waals surface area contributed by atoms with Crippen LogP contribution in [-0.2, 0) is 0 Å². The number of carbonyl (C=O) groups excluding carboxylic acids is 1. The molecule has 0 bridgehead atoms. The minimum atomic E-state index is -4.45. The number of rotatable bonds is 2. The van der Waals surface area contributed by atoms with Crippen molar-refractivity contribution in [3.05, 3.63) is 36.4 Å². The zero-order valence-corrected chi connectivity index (χ0v) is 11.3. The second kappa shape index (κ2) is 6.17. The third kappa shape index (κ3) is 3.98. The van der Waals surface area contributed by atoms with Crippen LogP contribution in [0.1, 0.15) is 5.56 Å². The van der Waals surface area contributed by atoms with E-state index in [1.807, 2.05) is 0 Å². The summed E-state index contributed by atoms with van der Waals surface area (Å²) in [5.74, 6) is 0. The second-order valence-electron chi connectivity index (χ2n) is 4.72. The molecule has 0 unspecified atom stereocenters. The first kappa shape index (κ1) is 15.4. The minimum Gasteiger partial charge on any atom is -0.322 e. The number of urea groups is 1.